The van der Waals surface area contributed by atoms with Crippen molar-refractivity contribution in [2.45, 2.75) is 67.9 Å². The number of likely N-dealkylation sites (tertiary alicyclic amines) is 1. The van der Waals surface area contributed by atoms with Crippen LogP contribution in [0.1, 0.15) is 79.0 Å². The van der Waals surface area contributed by atoms with Crippen molar-refractivity contribution in [3.05, 3.63) is 83.1 Å². The summed E-state index contributed by atoms with van der Waals surface area (Å²) in [5.41, 5.74) is 4.29. The number of amides is 1. The van der Waals surface area contributed by atoms with E-state index in [0.717, 1.165) is 65.8 Å². The highest BCUT2D eigenvalue weighted by molar-refractivity contribution is 7.99. The average Bonchev–Trinajstić information content (AvgIpc) is 3.70. The third-order valence-corrected chi connectivity index (χ3v) is 9.41. The first kappa shape index (κ1) is 30.5. The molecule has 0 aliphatic carbocycles. The lowest BCUT2D eigenvalue weighted by atomic mass is 10.1. The normalized spacial score (nSPS) is 17.5. The lowest BCUT2D eigenvalue weighted by Crippen LogP contribution is -2.23. The molecule has 2 aromatic carbocycles. The molecule has 1 atom stereocenters. The largest absolute Gasteiger partial charge is 0.356 e. The molecule has 0 spiro atoms. The first-order valence-corrected chi connectivity index (χ1v) is 16.6. The number of hydrogen-bond acceptors (Lipinski definition) is 6. The van der Waals surface area contributed by atoms with E-state index in [9.17, 15) is 9.18 Å². The Morgan fingerprint density at radius 1 is 1.11 bits per heavy atom. The summed E-state index contributed by atoms with van der Waals surface area (Å²) >= 11 is 1.25. The summed E-state index contributed by atoms with van der Waals surface area (Å²) in [4.78, 5) is 20.9. The number of aromatic nitrogens is 3. The summed E-state index contributed by atoms with van der Waals surface area (Å²) in [6.07, 6.45) is 13.6. The molecule has 230 valence electrons. The van der Waals surface area contributed by atoms with E-state index in [1.54, 1.807) is 12.1 Å². The fourth-order valence-corrected chi connectivity index (χ4v) is 7.03. The van der Waals surface area contributed by atoms with Crippen LogP contribution in [0.25, 0.3) is 23.1 Å². The Hall–Kier alpha value is -3.53. The van der Waals surface area contributed by atoms with Crippen molar-refractivity contribution in [2.24, 2.45) is 0 Å². The Bertz CT molecular complexity index is 1620. The van der Waals surface area contributed by atoms with Gasteiger partial charge in [-0.2, -0.15) is 5.10 Å². The zero-order valence-electron chi connectivity index (χ0n) is 25.3. The Labute approximate surface area is 262 Å². The minimum Gasteiger partial charge on any atom is -0.356 e. The van der Waals surface area contributed by atoms with Crippen LogP contribution < -0.4 is 5.32 Å². The van der Waals surface area contributed by atoms with Gasteiger partial charge in [0.15, 0.2) is 6.23 Å². The maximum absolute atomic E-state index is 15.0. The van der Waals surface area contributed by atoms with E-state index in [4.69, 9.17) is 9.84 Å². The molecule has 44 heavy (non-hydrogen) atoms. The van der Waals surface area contributed by atoms with E-state index in [2.05, 4.69) is 27.3 Å². The Morgan fingerprint density at radius 3 is 2.82 bits per heavy atom. The van der Waals surface area contributed by atoms with E-state index >= 15 is 0 Å². The van der Waals surface area contributed by atoms with Gasteiger partial charge in [-0.25, -0.2) is 9.07 Å². The highest BCUT2D eigenvalue weighted by Crippen LogP contribution is 2.37. The molecule has 1 amide bonds. The minimum absolute atomic E-state index is 0.162. The number of carbonyl (C=O) groups is 1. The number of benzene rings is 2. The van der Waals surface area contributed by atoms with Crippen LogP contribution in [-0.2, 0) is 11.2 Å². The van der Waals surface area contributed by atoms with Gasteiger partial charge in [0.05, 0.1) is 27.4 Å². The van der Waals surface area contributed by atoms with E-state index in [1.807, 2.05) is 48.2 Å². The van der Waals surface area contributed by atoms with Crippen molar-refractivity contribution in [3.8, 4) is 0 Å². The number of ether oxygens (including phenoxy) is 1. The molecular formula is C35H40FN5O2S. The molecule has 0 bridgehead atoms. The van der Waals surface area contributed by atoms with E-state index in [-0.39, 0.29) is 12.1 Å². The molecule has 7 nitrogen and oxygen atoms in total. The molecule has 2 aromatic heterocycles. The second-order valence-electron chi connectivity index (χ2n) is 11.5. The van der Waals surface area contributed by atoms with Gasteiger partial charge in [-0.3, -0.25) is 9.78 Å². The molecule has 2 fully saturated rings. The number of halogens is 1. The Kier molecular flexibility index (Phi) is 10.0. The van der Waals surface area contributed by atoms with Crippen molar-refractivity contribution in [1.82, 2.24) is 25.0 Å². The predicted octanol–water partition coefficient (Wildman–Crippen LogP) is 7.37. The predicted molar refractivity (Wildman–Crippen MR) is 174 cm³/mol. The third-order valence-electron chi connectivity index (χ3n) is 8.30. The summed E-state index contributed by atoms with van der Waals surface area (Å²) < 4.78 is 23.1. The number of aryl methyl sites for hydroxylation is 1. The summed E-state index contributed by atoms with van der Waals surface area (Å²) in [5.74, 6) is -0.703. The van der Waals surface area contributed by atoms with Gasteiger partial charge in [-0.1, -0.05) is 17.8 Å². The fourth-order valence-electron chi connectivity index (χ4n) is 6.05. The molecule has 6 rings (SSSR count). The first-order valence-electron chi connectivity index (χ1n) is 15.8. The lowest BCUT2D eigenvalue weighted by molar-refractivity contribution is -0.0367. The molecule has 2 saturated heterocycles. The maximum atomic E-state index is 15.0. The summed E-state index contributed by atoms with van der Waals surface area (Å²) in [6, 6.07) is 14.9. The summed E-state index contributed by atoms with van der Waals surface area (Å²) in [6.45, 7) is 6.65. The smallest absolute Gasteiger partial charge is 0.252 e. The SMILES string of the molecule is CCNC(=O)c1cccc(F)c1Sc1ccc2c(/C=C/c3cc(CCCN4CCCC4)ccn3)nn(C3CCCCO3)c2c1. The first-order chi connectivity index (χ1) is 21.6. The molecule has 1 unspecified atom stereocenters. The monoisotopic (exact) mass is 613 g/mol. The van der Waals surface area contributed by atoms with Gasteiger partial charge in [-0.05, 0) is 132 Å². The topological polar surface area (TPSA) is 72.3 Å². The Balaban J connectivity index is 1.27. The number of pyridine rings is 1. The molecule has 1 N–H and O–H groups in total. The zero-order valence-corrected chi connectivity index (χ0v) is 26.1. The second-order valence-corrected chi connectivity index (χ2v) is 12.6. The zero-order chi connectivity index (χ0) is 30.3. The van der Waals surface area contributed by atoms with E-state index < -0.39 is 5.82 Å². The molecule has 2 aliphatic heterocycles. The van der Waals surface area contributed by atoms with Crippen LogP contribution in [-0.4, -0.2) is 58.4 Å². The number of carbonyl (C=O) groups excluding carboxylic acids is 1. The number of nitrogens with zero attached hydrogens (tertiary/aromatic N) is 4. The van der Waals surface area contributed by atoms with Gasteiger partial charge < -0.3 is 15.0 Å². The quantitative estimate of drug-likeness (QED) is 0.191. The number of hydrogen-bond donors (Lipinski definition) is 1. The average molecular weight is 614 g/mol. The van der Waals surface area contributed by atoms with Crippen LogP contribution in [0.3, 0.4) is 0 Å². The van der Waals surface area contributed by atoms with E-state index in [0.29, 0.717) is 23.6 Å². The standard InChI is InChI=1S/C35H40FN5O2S/c1-2-37-35(42)29-10-7-11-30(36)34(29)44-27-14-15-28-31(39-41(32(28)24-27)33-12-3-6-22-43-33)16-13-26-23-25(17-18-38-26)9-8-21-40-19-4-5-20-40/h7,10-11,13-18,23-24,33H,2-6,8-9,12,19-22H2,1H3,(H,37,42)/b16-13+. The van der Waals surface area contributed by atoms with Crippen LogP contribution in [0.15, 0.2) is 64.5 Å². The molecular weight excluding hydrogens is 573 g/mol. The highest BCUT2D eigenvalue weighted by Gasteiger charge is 2.22. The number of fused-ring (bicyclic) bond motifs is 1. The second kappa shape index (κ2) is 14.5. The Morgan fingerprint density at radius 2 is 2.00 bits per heavy atom. The highest BCUT2D eigenvalue weighted by atomic mass is 32.2. The van der Waals surface area contributed by atoms with Gasteiger partial charge in [-0.15, -0.1) is 0 Å². The summed E-state index contributed by atoms with van der Waals surface area (Å²) in [5, 5.41) is 8.78. The number of nitrogens with one attached hydrogen (secondary N) is 1. The van der Waals surface area contributed by atoms with Gasteiger partial charge in [0.25, 0.3) is 5.91 Å². The van der Waals surface area contributed by atoms with Crippen LogP contribution in [0.2, 0.25) is 0 Å². The van der Waals surface area contributed by atoms with Crippen LogP contribution in [0.5, 0.6) is 0 Å². The molecule has 0 radical (unpaired) electrons. The van der Waals surface area contributed by atoms with E-state index in [1.165, 1.54) is 49.3 Å². The minimum atomic E-state index is -0.419. The van der Waals surface area contributed by atoms with Crippen molar-refractivity contribution in [1.29, 1.82) is 0 Å². The molecule has 4 heterocycles. The molecule has 9 heteroatoms. The van der Waals surface area contributed by atoms with Crippen LogP contribution >= 0.6 is 11.8 Å². The summed E-state index contributed by atoms with van der Waals surface area (Å²) in [7, 11) is 0. The third kappa shape index (κ3) is 7.22. The van der Waals surface area contributed by atoms with Gasteiger partial charge in [0.1, 0.15) is 5.82 Å². The van der Waals surface area contributed by atoms with Crippen molar-refractivity contribution >= 4 is 40.7 Å². The fraction of sp³-hybridized carbons (Fsp3) is 0.400. The van der Waals surface area contributed by atoms with Crippen LogP contribution in [0.4, 0.5) is 4.39 Å². The van der Waals surface area contributed by atoms with Crippen molar-refractivity contribution in [2.75, 3.05) is 32.8 Å². The lowest BCUT2D eigenvalue weighted by Gasteiger charge is -2.23. The van der Waals surface area contributed by atoms with Gasteiger partial charge >= 0.3 is 0 Å². The molecule has 4 aromatic rings. The van der Waals surface area contributed by atoms with Gasteiger partial charge in [0.2, 0.25) is 0 Å². The van der Waals surface area contributed by atoms with Crippen LogP contribution in [0, 0.1) is 5.82 Å². The van der Waals surface area contributed by atoms with Crippen molar-refractivity contribution < 1.29 is 13.9 Å². The molecule has 0 saturated carbocycles. The number of rotatable bonds is 11. The maximum Gasteiger partial charge on any atom is 0.252 e. The molecule has 2 aliphatic rings. The van der Waals surface area contributed by atoms with Gasteiger partial charge in [0, 0.05) is 29.6 Å². The van der Waals surface area contributed by atoms with Crippen molar-refractivity contribution in [3.63, 3.8) is 0 Å².